The lowest BCUT2D eigenvalue weighted by Gasteiger charge is -2.48. The molecule has 1 unspecified atom stereocenters. The van der Waals surface area contributed by atoms with Crippen LogP contribution in [0.1, 0.15) is 84.8 Å². The topological polar surface area (TPSA) is 178 Å². The molecule has 0 spiro atoms. The molecule has 3 N–H and O–H groups in total. The van der Waals surface area contributed by atoms with Crippen molar-refractivity contribution in [1.82, 2.24) is 40.1 Å². The highest BCUT2D eigenvalue weighted by molar-refractivity contribution is 6.23. The molecule has 63 heavy (non-hydrogen) atoms. The lowest BCUT2D eigenvalue weighted by Crippen LogP contribution is -2.62. The molecule has 16 nitrogen and oxygen atoms in total. The van der Waals surface area contributed by atoms with Crippen molar-refractivity contribution in [3.05, 3.63) is 64.8 Å². The number of fused-ring (bicyclic) bond motifs is 3. The molecule has 0 radical (unpaired) electrons. The Labute approximate surface area is 366 Å². The van der Waals surface area contributed by atoms with Crippen LogP contribution in [0.25, 0.3) is 22.3 Å². The summed E-state index contributed by atoms with van der Waals surface area (Å²) in [4.78, 5) is 93.2. The zero-order chi connectivity index (χ0) is 43.9. The van der Waals surface area contributed by atoms with Crippen LogP contribution in [0.2, 0.25) is 0 Å². The molecule has 2 atom stereocenters. The van der Waals surface area contributed by atoms with Crippen molar-refractivity contribution in [3.8, 4) is 11.4 Å². The second-order valence-electron chi connectivity index (χ2n) is 19.3. The first kappa shape index (κ1) is 41.2. The van der Waals surface area contributed by atoms with Gasteiger partial charge < -0.3 is 19.7 Å². The summed E-state index contributed by atoms with van der Waals surface area (Å²) < 4.78 is 0. The summed E-state index contributed by atoms with van der Waals surface area (Å²) in [5, 5.41) is 11.3. The fourth-order valence-corrected chi connectivity index (χ4v) is 10.8. The third-order valence-electron chi connectivity index (χ3n) is 14.8. The van der Waals surface area contributed by atoms with Crippen LogP contribution in [-0.4, -0.2) is 148 Å². The normalized spacial score (nSPS) is 22.9. The molecule has 1 aliphatic carbocycles. The smallest absolute Gasteiger partial charge is 0.262 e. The molecule has 0 bridgehead atoms. The van der Waals surface area contributed by atoms with E-state index < -0.39 is 29.7 Å². The number of H-pyrrole nitrogens is 2. The number of benzene rings is 2. The Kier molecular flexibility index (Phi) is 10.3. The van der Waals surface area contributed by atoms with Crippen LogP contribution in [0.15, 0.2) is 42.5 Å². The Balaban J connectivity index is 0.680. The maximum absolute atomic E-state index is 13.8. The van der Waals surface area contributed by atoms with E-state index in [4.69, 9.17) is 5.10 Å². The minimum absolute atomic E-state index is 0.0155. The number of anilines is 2. The summed E-state index contributed by atoms with van der Waals surface area (Å²) in [6, 6.07) is 12.6. The Morgan fingerprint density at radius 1 is 0.873 bits per heavy atom. The molecule has 6 aliphatic rings. The average Bonchev–Trinajstić information content (AvgIpc) is 3.95. The summed E-state index contributed by atoms with van der Waals surface area (Å²) in [5.74, 6) is -1.84. The molecule has 0 saturated carbocycles. The van der Waals surface area contributed by atoms with E-state index in [1.807, 2.05) is 37.1 Å². The van der Waals surface area contributed by atoms with Crippen LogP contribution >= 0.6 is 0 Å². The van der Waals surface area contributed by atoms with Gasteiger partial charge in [0.1, 0.15) is 11.7 Å². The fraction of sp³-hybridized carbons (Fsp3) is 0.511. The number of carbonyl (C=O) groups is 6. The number of likely N-dealkylation sites (tertiary alicyclic amines) is 1. The summed E-state index contributed by atoms with van der Waals surface area (Å²) in [6.07, 6.45) is 5.16. The predicted molar refractivity (Wildman–Crippen MR) is 236 cm³/mol. The summed E-state index contributed by atoms with van der Waals surface area (Å²) in [6.45, 7) is 12.1. The van der Waals surface area contributed by atoms with Crippen molar-refractivity contribution < 1.29 is 28.8 Å². The van der Waals surface area contributed by atoms with Crippen LogP contribution in [0, 0.1) is 11.3 Å². The standard InChI is InChI=1S/C47H56N10O6/c1-27(43(60)52(4)31-6-5-28-21-37(48-36(28)23-31)41-34-11-14-47(2,3)24-38(34)50-51-41)53-17-19-55(20-18-53)44(61)29-25-56(26-29)30-12-15-54(16-13-30)32-7-8-33-35(22-32)46(63)57(45(33)62)39-9-10-40(58)49-42(39)59/h5-8,21-23,27,29-30,39,48H,9-20,24-26H2,1-4H3,(H,50,51)(H,49,58,59)/t27-,39?/m0/s1. The number of imide groups is 2. The summed E-state index contributed by atoms with van der Waals surface area (Å²) >= 11 is 0. The number of likely N-dealkylation sites (N-methyl/N-ethyl adjacent to an activating group) is 1. The van der Waals surface area contributed by atoms with Crippen molar-refractivity contribution in [2.75, 3.05) is 69.2 Å². The molecule has 10 rings (SSSR count). The Morgan fingerprint density at radius 2 is 1.62 bits per heavy atom. The third-order valence-corrected chi connectivity index (χ3v) is 14.8. The highest BCUT2D eigenvalue weighted by atomic mass is 16.2. The number of piperazine rings is 1. The second-order valence-corrected chi connectivity index (χ2v) is 19.3. The molecular weight excluding hydrogens is 801 g/mol. The Bertz CT molecular complexity index is 2540. The molecule has 5 aliphatic heterocycles. The van der Waals surface area contributed by atoms with Gasteiger partial charge in [0.05, 0.1) is 28.8 Å². The monoisotopic (exact) mass is 856 g/mol. The number of carbonyl (C=O) groups excluding carboxylic acids is 6. The third kappa shape index (κ3) is 7.40. The van der Waals surface area contributed by atoms with Gasteiger partial charge in [-0.25, -0.2) is 0 Å². The lowest BCUT2D eigenvalue weighted by molar-refractivity contribution is -0.145. The first-order valence-corrected chi connectivity index (χ1v) is 22.6. The number of nitrogens with zero attached hydrogens (tertiary/aromatic N) is 7. The van der Waals surface area contributed by atoms with Gasteiger partial charge >= 0.3 is 0 Å². The highest BCUT2D eigenvalue weighted by Gasteiger charge is 2.45. The number of hydrogen-bond acceptors (Lipinski definition) is 10. The van der Waals surface area contributed by atoms with Crippen LogP contribution in [0.3, 0.4) is 0 Å². The Hall–Kier alpha value is -5.87. The molecule has 7 heterocycles. The van der Waals surface area contributed by atoms with Gasteiger partial charge in [0, 0.05) is 105 Å². The van der Waals surface area contributed by atoms with Gasteiger partial charge in [-0.2, -0.15) is 5.10 Å². The maximum Gasteiger partial charge on any atom is 0.262 e. The van der Waals surface area contributed by atoms with Crippen molar-refractivity contribution in [3.63, 3.8) is 0 Å². The van der Waals surface area contributed by atoms with Crippen LogP contribution in [0.5, 0.6) is 0 Å². The van der Waals surface area contributed by atoms with Crippen molar-refractivity contribution >= 4 is 57.7 Å². The van der Waals surface area contributed by atoms with E-state index in [9.17, 15) is 28.8 Å². The van der Waals surface area contributed by atoms with E-state index in [1.54, 1.807) is 17.0 Å². The van der Waals surface area contributed by atoms with Gasteiger partial charge in [-0.1, -0.05) is 19.9 Å². The molecule has 330 valence electrons. The number of amides is 6. The zero-order valence-corrected chi connectivity index (χ0v) is 36.5. The second kappa shape index (κ2) is 15.7. The molecular formula is C47H56N10O6. The van der Waals surface area contributed by atoms with Gasteiger partial charge in [-0.3, -0.25) is 53.9 Å². The van der Waals surface area contributed by atoms with Gasteiger partial charge in [0.2, 0.25) is 23.6 Å². The summed E-state index contributed by atoms with van der Waals surface area (Å²) in [7, 11) is 1.83. The number of piperidine rings is 2. The molecule has 2 aromatic heterocycles. The molecule has 4 aromatic rings. The fourth-order valence-electron chi connectivity index (χ4n) is 10.8. The largest absolute Gasteiger partial charge is 0.371 e. The quantitative estimate of drug-likeness (QED) is 0.222. The summed E-state index contributed by atoms with van der Waals surface area (Å²) in [5.41, 5.74) is 7.98. The predicted octanol–water partition coefficient (Wildman–Crippen LogP) is 3.57. The molecule has 2 aromatic carbocycles. The minimum atomic E-state index is -0.988. The van der Waals surface area contributed by atoms with Crippen molar-refractivity contribution in [2.24, 2.45) is 11.3 Å². The van der Waals surface area contributed by atoms with Crippen molar-refractivity contribution in [1.29, 1.82) is 0 Å². The SMILES string of the molecule is C[C@@H](C(=O)N(C)c1ccc2cc(-c3n[nH]c4c3CCC(C)(C)C4)[nH]c2c1)N1CCN(C(=O)C2CN(C3CCN(c4ccc5c(c4)C(=O)N(C4CCC(=O)NC4=O)C5=O)CC3)C2)CC1. The molecule has 4 fully saturated rings. The van der Waals surface area contributed by atoms with E-state index in [0.29, 0.717) is 32.2 Å². The Morgan fingerprint density at radius 3 is 2.37 bits per heavy atom. The van der Waals surface area contributed by atoms with Gasteiger partial charge in [0.15, 0.2) is 0 Å². The molecule has 16 heteroatoms. The lowest BCUT2D eigenvalue weighted by atomic mass is 9.76. The number of rotatable bonds is 8. The van der Waals surface area contributed by atoms with E-state index >= 15 is 0 Å². The number of nitrogens with one attached hydrogen (secondary N) is 3. The van der Waals surface area contributed by atoms with E-state index in [1.165, 1.54) is 11.3 Å². The molecule has 4 saturated heterocycles. The zero-order valence-electron chi connectivity index (χ0n) is 36.5. The maximum atomic E-state index is 13.8. The van der Waals surface area contributed by atoms with E-state index in [-0.39, 0.29) is 53.2 Å². The number of aromatic amines is 2. The molecule has 6 amide bonds. The van der Waals surface area contributed by atoms with Gasteiger partial charge in [0.25, 0.3) is 11.8 Å². The minimum Gasteiger partial charge on any atom is -0.371 e. The van der Waals surface area contributed by atoms with Crippen LogP contribution in [-0.2, 0) is 32.0 Å². The van der Waals surface area contributed by atoms with Gasteiger partial charge in [-0.15, -0.1) is 0 Å². The van der Waals surface area contributed by atoms with Gasteiger partial charge in [-0.05, 0) is 87.3 Å². The van der Waals surface area contributed by atoms with E-state index in [2.05, 4.69) is 56.1 Å². The first-order valence-electron chi connectivity index (χ1n) is 22.6. The van der Waals surface area contributed by atoms with Crippen LogP contribution < -0.4 is 15.1 Å². The van der Waals surface area contributed by atoms with Crippen LogP contribution in [0.4, 0.5) is 11.4 Å². The van der Waals surface area contributed by atoms with Crippen molar-refractivity contribution in [2.45, 2.75) is 83.8 Å². The average molecular weight is 857 g/mol. The first-order chi connectivity index (χ1) is 30.2. The number of aromatic nitrogens is 3. The van der Waals surface area contributed by atoms with E-state index in [0.717, 1.165) is 96.8 Å². The number of hydrogen-bond donors (Lipinski definition) is 3. The highest BCUT2D eigenvalue weighted by Crippen LogP contribution is 2.39.